The molecular weight excluding hydrogens is 412 g/mol. The van der Waals surface area contributed by atoms with E-state index in [4.69, 9.17) is 5.84 Å². The fourth-order valence-electron chi connectivity index (χ4n) is 2.45. The second-order valence-electron chi connectivity index (χ2n) is 6.03. The van der Waals surface area contributed by atoms with E-state index in [2.05, 4.69) is 26.0 Å². The van der Waals surface area contributed by atoms with Crippen molar-refractivity contribution in [3.8, 4) is 0 Å². The minimum Gasteiger partial charge on any atom is -0.334 e. The molecule has 0 saturated carbocycles. The van der Waals surface area contributed by atoms with E-state index in [1.165, 1.54) is 0 Å². The Balaban J connectivity index is 1.59. The summed E-state index contributed by atoms with van der Waals surface area (Å²) in [6.07, 6.45) is 0.692. The molecule has 3 aromatic rings. The Morgan fingerprint density at radius 1 is 1.20 bits per heavy atom. The lowest BCUT2D eigenvalue weighted by Crippen LogP contribution is -2.17. The average Bonchev–Trinajstić information content (AvgIpc) is 3.09. The van der Waals surface area contributed by atoms with Gasteiger partial charge in [-0.05, 0) is 24.1 Å². The zero-order valence-corrected chi connectivity index (χ0v) is 16.8. The molecule has 3 rings (SSSR count). The molecule has 1 heterocycles. The molecule has 156 valence electrons. The molecule has 11 heteroatoms. The summed E-state index contributed by atoms with van der Waals surface area (Å²) < 4.78 is 27.7. The summed E-state index contributed by atoms with van der Waals surface area (Å²) in [5.74, 6) is 3.97. The lowest BCUT2D eigenvalue weighted by molar-refractivity contribution is -0.113. The number of anilines is 2. The summed E-state index contributed by atoms with van der Waals surface area (Å²) in [7, 11) is 0. The van der Waals surface area contributed by atoms with Crippen molar-refractivity contribution in [3.63, 3.8) is 0 Å². The van der Waals surface area contributed by atoms with Crippen LogP contribution >= 0.6 is 11.8 Å². The summed E-state index contributed by atoms with van der Waals surface area (Å²) in [5, 5.41) is 14.8. The van der Waals surface area contributed by atoms with Crippen molar-refractivity contribution in [1.82, 2.24) is 14.9 Å². The zero-order chi connectivity index (χ0) is 21.5. The average molecular weight is 431 g/mol. The maximum Gasteiger partial charge on any atom is 0.264 e. The van der Waals surface area contributed by atoms with Crippen LogP contribution in [0.4, 0.5) is 20.4 Å². The van der Waals surface area contributed by atoms with Crippen molar-refractivity contribution < 1.29 is 13.6 Å². The quantitative estimate of drug-likeness (QED) is 0.219. The predicted molar refractivity (Wildman–Crippen MR) is 113 cm³/mol. The molecule has 4 N–H and O–H groups in total. The van der Waals surface area contributed by atoms with Crippen molar-refractivity contribution >= 4 is 35.0 Å². The molecule has 0 aliphatic rings. The Labute approximate surface area is 175 Å². The number of carbonyl (C=O) groups excluding carboxylic acids is 1. The fourth-order valence-corrected chi connectivity index (χ4v) is 3.11. The standard InChI is InChI=1S/C19H19F2N7OS/c1-2-15(12-6-4-3-5-7-12)24-25-18-26-27-19(28(18)22)30-11-17(29)23-16-9-8-13(20)10-14(16)21/h3-10H,2,11,22H2,1H3,(H,23,29)(H,25,26)/b24-15+. The molecule has 0 spiro atoms. The molecule has 30 heavy (non-hydrogen) atoms. The molecule has 0 aliphatic carbocycles. The van der Waals surface area contributed by atoms with Crippen LogP contribution in [0.5, 0.6) is 0 Å². The summed E-state index contributed by atoms with van der Waals surface area (Å²) in [6.45, 7) is 1.98. The number of rotatable bonds is 8. The third-order valence-corrected chi connectivity index (χ3v) is 4.88. The van der Waals surface area contributed by atoms with Gasteiger partial charge in [-0.2, -0.15) is 5.10 Å². The maximum atomic E-state index is 13.6. The second-order valence-corrected chi connectivity index (χ2v) is 6.97. The van der Waals surface area contributed by atoms with Gasteiger partial charge in [-0.15, -0.1) is 10.2 Å². The molecule has 0 atom stereocenters. The zero-order valence-electron chi connectivity index (χ0n) is 16.0. The number of halogens is 2. The van der Waals surface area contributed by atoms with Crippen LogP contribution in [0.2, 0.25) is 0 Å². The van der Waals surface area contributed by atoms with E-state index in [1.807, 2.05) is 37.3 Å². The van der Waals surface area contributed by atoms with Crippen LogP contribution in [0, 0.1) is 11.6 Å². The highest BCUT2D eigenvalue weighted by atomic mass is 32.2. The number of hydrogen-bond donors (Lipinski definition) is 3. The lowest BCUT2D eigenvalue weighted by atomic mass is 10.1. The SMILES string of the molecule is CC/C(=N\Nc1nnc(SCC(=O)Nc2ccc(F)cc2F)n1N)c1ccccc1. The van der Waals surface area contributed by atoms with Crippen molar-refractivity contribution in [2.75, 3.05) is 22.3 Å². The van der Waals surface area contributed by atoms with E-state index in [0.717, 1.165) is 39.8 Å². The first-order valence-electron chi connectivity index (χ1n) is 8.94. The van der Waals surface area contributed by atoms with Gasteiger partial charge in [-0.1, -0.05) is 49.0 Å². The Hall–Kier alpha value is -3.47. The molecule has 2 aromatic carbocycles. The third-order valence-electron chi connectivity index (χ3n) is 3.93. The van der Waals surface area contributed by atoms with Crippen molar-refractivity contribution in [2.24, 2.45) is 5.10 Å². The van der Waals surface area contributed by atoms with Crippen LogP contribution in [0.15, 0.2) is 58.8 Å². The molecule has 0 unspecified atom stereocenters. The summed E-state index contributed by atoms with van der Waals surface area (Å²) in [6, 6.07) is 12.6. The number of hydrazone groups is 1. The van der Waals surface area contributed by atoms with E-state index in [9.17, 15) is 13.6 Å². The fraction of sp³-hybridized carbons (Fsp3) is 0.158. The maximum absolute atomic E-state index is 13.6. The Morgan fingerprint density at radius 2 is 1.97 bits per heavy atom. The smallest absolute Gasteiger partial charge is 0.264 e. The van der Waals surface area contributed by atoms with Crippen LogP contribution in [0.1, 0.15) is 18.9 Å². The number of aromatic nitrogens is 3. The first-order valence-corrected chi connectivity index (χ1v) is 9.92. The van der Waals surface area contributed by atoms with Crippen LogP contribution in [0.3, 0.4) is 0 Å². The number of hydrogen-bond acceptors (Lipinski definition) is 7. The van der Waals surface area contributed by atoms with Crippen LogP contribution in [0.25, 0.3) is 0 Å². The van der Waals surface area contributed by atoms with Gasteiger partial charge in [0.1, 0.15) is 11.6 Å². The predicted octanol–water partition coefficient (Wildman–Crippen LogP) is 3.23. The van der Waals surface area contributed by atoms with Gasteiger partial charge < -0.3 is 11.2 Å². The topological polar surface area (TPSA) is 110 Å². The first kappa shape index (κ1) is 21.2. The molecule has 0 fully saturated rings. The van der Waals surface area contributed by atoms with E-state index in [0.29, 0.717) is 12.5 Å². The number of nitrogens with one attached hydrogen (secondary N) is 2. The molecule has 1 amide bonds. The highest BCUT2D eigenvalue weighted by Gasteiger charge is 2.14. The molecule has 0 saturated heterocycles. The van der Waals surface area contributed by atoms with Gasteiger partial charge in [0.2, 0.25) is 11.1 Å². The van der Waals surface area contributed by atoms with Crippen LogP contribution in [-0.4, -0.2) is 32.2 Å². The van der Waals surface area contributed by atoms with Gasteiger partial charge in [0.05, 0.1) is 17.2 Å². The Morgan fingerprint density at radius 3 is 2.67 bits per heavy atom. The van der Waals surface area contributed by atoms with E-state index in [-0.39, 0.29) is 22.5 Å². The number of carbonyl (C=O) groups is 1. The monoisotopic (exact) mass is 431 g/mol. The van der Waals surface area contributed by atoms with Gasteiger partial charge in [-0.25, -0.2) is 18.9 Å². The summed E-state index contributed by atoms with van der Waals surface area (Å²) in [4.78, 5) is 12.0. The number of amides is 1. The number of nitrogens with zero attached hydrogens (tertiary/aromatic N) is 4. The minimum atomic E-state index is -0.857. The van der Waals surface area contributed by atoms with E-state index < -0.39 is 17.5 Å². The number of benzene rings is 2. The van der Waals surface area contributed by atoms with Crippen LogP contribution in [-0.2, 0) is 4.79 Å². The van der Waals surface area contributed by atoms with Gasteiger partial charge in [0.15, 0.2) is 0 Å². The van der Waals surface area contributed by atoms with Gasteiger partial charge in [-0.3, -0.25) is 4.79 Å². The molecule has 0 bridgehead atoms. The minimum absolute atomic E-state index is 0.0976. The van der Waals surface area contributed by atoms with E-state index >= 15 is 0 Å². The molecule has 0 aliphatic heterocycles. The van der Waals surface area contributed by atoms with Crippen LogP contribution < -0.4 is 16.6 Å². The summed E-state index contributed by atoms with van der Waals surface area (Å²) in [5.41, 5.74) is 4.45. The van der Waals surface area contributed by atoms with Gasteiger partial charge in [0, 0.05) is 6.07 Å². The second kappa shape index (κ2) is 9.83. The molecule has 8 nitrogen and oxygen atoms in total. The first-order chi connectivity index (χ1) is 14.5. The Bertz CT molecular complexity index is 1060. The highest BCUT2D eigenvalue weighted by molar-refractivity contribution is 7.99. The highest BCUT2D eigenvalue weighted by Crippen LogP contribution is 2.19. The largest absolute Gasteiger partial charge is 0.334 e. The van der Waals surface area contributed by atoms with Crippen molar-refractivity contribution in [2.45, 2.75) is 18.5 Å². The van der Waals surface area contributed by atoms with Gasteiger partial charge >= 0.3 is 0 Å². The number of thioether (sulfide) groups is 1. The normalized spacial score (nSPS) is 11.4. The van der Waals surface area contributed by atoms with Crippen molar-refractivity contribution in [3.05, 3.63) is 65.7 Å². The van der Waals surface area contributed by atoms with Crippen molar-refractivity contribution in [1.29, 1.82) is 0 Å². The Kier molecular flexibility index (Phi) is 6.96. The number of nitrogen functional groups attached to an aromatic ring is 1. The molecule has 0 radical (unpaired) electrons. The molecule has 1 aromatic heterocycles. The van der Waals surface area contributed by atoms with Gasteiger partial charge in [0.25, 0.3) is 5.95 Å². The summed E-state index contributed by atoms with van der Waals surface area (Å²) >= 11 is 1.01. The number of nitrogens with two attached hydrogens (primary N) is 1. The van der Waals surface area contributed by atoms with E-state index in [1.54, 1.807) is 0 Å². The lowest BCUT2D eigenvalue weighted by Gasteiger charge is -2.07. The third kappa shape index (κ3) is 5.32. The molecular formula is C19H19F2N7OS.